The van der Waals surface area contributed by atoms with Gasteiger partial charge in [0.1, 0.15) is 13.2 Å². The van der Waals surface area contributed by atoms with E-state index in [2.05, 4.69) is 20.0 Å². The lowest BCUT2D eigenvalue weighted by Gasteiger charge is -2.37. The summed E-state index contributed by atoms with van der Waals surface area (Å²) in [4.78, 5) is 9.95. The zero-order valence-corrected chi connectivity index (χ0v) is 25.2. The van der Waals surface area contributed by atoms with Crippen molar-refractivity contribution in [1.82, 2.24) is 0 Å². The van der Waals surface area contributed by atoms with Crippen LogP contribution >= 0.6 is 7.82 Å². The summed E-state index contributed by atoms with van der Waals surface area (Å²) < 4.78 is 29.3. The molecule has 2 fully saturated rings. The quantitative estimate of drug-likeness (QED) is 0.0681. The molecular formula is C30H59NO5P+. The van der Waals surface area contributed by atoms with Crippen LogP contribution in [0.3, 0.4) is 0 Å². The van der Waals surface area contributed by atoms with Crippen molar-refractivity contribution in [2.75, 3.05) is 46.5 Å². The predicted octanol–water partition coefficient (Wildman–Crippen LogP) is 8.34. The number of ether oxygens (including phenoxy) is 1. The van der Waals surface area contributed by atoms with E-state index in [0.717, 1.165) is 49.8 Å². The Morgan fingerprint density at radius 1 is 0.838 bits per heavy atom. The van der Waals surface area contributed by atoms with Crippen molar-refractivity contribution in [1.29, 1.82) is 0 Å². The highest BCUT2D eigenvalue weighted by Crippen LogP contribution is 2.43. The minimum absolute atomic E-state index is 0.0952. The smallest absolute Gasteiger partial charge is 0.376 e. The average molecular weight is 545 g/mol. The van der Waals surface area contributed by atoms with E-state index in [-0.39, 0.29) is 19.3 Å². The first-order chi connectivity index (χ1) is 17.9. The molecule has 2 rings (SSSR count). The number of allylic oxidation sites excluding steroid dienone is 2. The second-order valence-electron chi connectivity index (χ2n) is 11.7. The van der Waals surface area contributed by atoms with Crippen LogP contribution in [0.25, 0.3) is 0 Å². The first kappa shape index (κ1) is 33.0. The van der Waals surface area contributed by atoms with Gasteiger partial charge in [-0.2, -0.15) is 0 Å². The molecule has 2 aliphatic rings. The number of rotatable bonds is 21. The summed E-state index contributed by atoms with van der Waals surface area (Å²) >= 11 is 0. The molecule has 0 radical (unpaired) electrons. The Kier molecular flexibility index (Phi) is 17.6. The fraction of sp³-hybridized carbons (Fsp3) is 0.933. The number of hydrogen-bond acceptors (Lipinski definition) is 4. The van der Waals surface area contributed by atoms with Crippen LogP contribution < -0.4 is 0 Å². The Labute approximate surface area is 228 Å². The molecule has 1 N–H and O–H groups in total. The van der Waals surface area contributed by atoms with Gasteiger partial charge in [0.25, 0.3) is 0 Å². The van der Waals surface area contributed by atoms with Gasteiger partial charge in [0, 0.05) is 0 Å². The Bertz CT molecular complexity index is 640. The molecule has 0 bridgehead atoms. The second kappa shape index (κ2) is 19.8. The van der Waals surface area contributed by atoms with E-state index in [1.807, 2.05) is 0 Å². The summed E-state index contributed by atoms with van der Waals surface area (Å²) in [6.45, 7) is 5.95. The van der Waals surface area contributed by atoms with Gasteiger partial charge in [0.2, 0.25) is 0 Å². The molecule has 0 spiro atoms. The van der Waals surface area contributed by atoms with Crippen LogP contribution in [0.5, 0.6) is 0 Å². The maximum Gasteiger partial charge on any atom is 0.472 e. The molecule has 0 aromatic carbocycles. The first-order valence-corrected chi connectivity index (χ1v) is 17.2. The normalized spacial score (nSPS) is 21.6. The lowest BCUT2D eigenvalue weighted by atomic mass is 9.91. The van der Waals surface area contributed by atoms with Gasteiger partial charge in [-0.3, -0.25) is 9.05 Å². The third-order valence-electron chi connectivity index (χ3n) is 8.29. The van der Waals surface area contributed by atoms with Gasteiger partial charge in [-0.1, -0.05) is 82.8 Å². The predicted molar refractivity (Wildman–Crippen MR) is 154 cm³/mol. The van der Waals surface area contributed by atoms with Gasteiger partial charge in [0.15, 0.2) is 0 Å². The van der Waals surface area contributed by atoms with E-state index in [4.69, 9.17) is 13.8 Å². The number of phosphoric acid groups is 1. The molecule has 1 aliphatic carbocycles. The molecule has 37 heavy (non-hydrogen) atoms. The van der Waals surface area contributed by atoms with Crippen molar-refractivity contribution in [3.05, 3.63) is 11.6 Å². The standard InChI is InChI=1S/C30H58NO5P/c1-3-4-5-6-7-8-9-10-11-12-13-15-18-29-19-21-30(22-20-29)34-27-28-36-37(32,33)35-26-25-31(2)23-16-14-17-24-31/h18,30H,3-17,19-28H2,1-2H3/p+1. The molecule has 1 saturated carbocycles. The number of unbranched alkanes of at least 4 members (excludes halogenated alkanes) is 11. The SMILES string of the molecule is CCCCCCCCCCCCCC=C1CCC(OCCOP(=O)(O)OCC[N+]2(C)CCCCC2)CC1. The minimum atomic E-state index is -4.00. The number of likely N-dealkylation sites (N-methyl/N-ethyl adjacent to an activating group) is 1. The Morgan fingerprint density at radius 2 is 1.41 bits per heavy atom. The minimum Gasteiger partial charge on any atom is -0.376 e. The summed E-state index contributed by atoms with van der Waals surface area (Å²) in [6.07, 6.45) is 27.3. The fourth-order valence-electron chi connectivity index (χ4n) is 5.73. The fourth-order valence-corrected chi connectivity index (χ4v) is 6.42. The van der Waals surface area contributed by atoms with Gasteiger partial charge in [-0.15, -0.1) is 0 Å². The van der Waals surface area contributed by atoms with Crippen LogP contribution in [0.15, 0.2) is 11.6 Å². The van der Waals surface area contributed by atoms with E-state index in [1.54, 1.807) is 5.57 Å². The molecule has 1 heterocycles. The Morgan fingerprint density at radius 3 is 2.03 bits per heavy atom. The highest BCUT2D eigenvalue weighted by atomic mass is 31.2. The van der Waals surface area contributed by atoms with Crippen LogP contribution in [0, 0.1) is 0 Å². The highest BCUT2D eigenvalue weighted by molar-refractivity contribution is 7.47. The molecule has 1 atom stereocenters. The van der Waals surface area contributed by atoms with E-state index in [9.17, 15) is 9.46 Å². The van der Waals surface area contributed by atoms with E-state index >= 15 is 0 Å². The lowest BCUT2D eigenvalue weighted by molar-refractivity contribution is -0.914. The molecule has 0 aromatic heterocycles. The van der Waals surface area contributed by atoms with Crippen molar-refractivity contribution >= 4 is 7.82 Å². The zero-order valence-electron chi connectivity index (χ0n) is 24.3. The van der Waals surface area contributed by atoms with Gasteiger partial charge in [-0.05, 0) is 57.8 Å². The number of quaternary nitrogens is 1. The molecule has 7 heteroatoms. The second-order valence-corrected chi connectivity index (χ2v) is 13.2. The third-order valence-corrected chi connectivity index (χ3v) is 9.31. The number of piperidine rings is 1. The maximum absolute atomic E-state index is 12.2. The van der Waals surface area contributed by atoms with E-state index in [0.29, 0.717) is 6.61 Å². The molecule has 6 nitrogen and oxygen atoms in total. The molecule has 0 amide bonds. The molecule has 1 aliphatic heterocycles. The van der Waals surface area contributed by atoms with Gasteiger partial charge in [0.05, 0.1) is 39.5 Å². The van der Waals surface area contributed by atoms with E-state index in [1.165, 1.54) is 96.3 Å². The summed E-state index contributed by atoms with van der Waals surface area (Å²) in [6, 6.07) is 0. The maximum atomic E-state index is 12.2. The van der Waals surface area contributed by atoms with Crippen LogP contribution in [0.4, 0.5) is 0 Å². The van der Waals surface area contributed by atoms with Gasteiger partial charge in [-0.25, -0.2) is 4.57 Å². The van der Waals surface area contributed by atoms with Crippen molar-refractivity contribution in [3.63, 3.8) is 0 Å². The summed E-state index contributed by atoms with van der Waals surface area (Å²) in [5.74, 6) is 0. The average Bonchev–Trinajstić information content (AvgIpc) is 2.88. The van der Waals surface area contributed by atoms with Crippen molar-refractivity contribution < 1.29 is 27.7 Å². The summed E-state index contributed by atoms with van der Waals surface area (Å²) in [5, 5.41) is 0. The van der Waals surface area contributed by atoms with Crippen LogP contribution in [0.2, 0.25) is 0 Å². The molecule has 0 aromatic rings. The Hall–Kier alpha value is -0.230. The summed E-state index contributed by atoms with van der Waals surface area (Å²) in [7, 11) is -1.80. The molecule has 1 saturated heterocycles. The van der Waals surface area contributed by atoms with Crippen molar-refractivity contribution in [2.45, 2.75) is 135 Å². The number of nitrogens with zero attached hydrogens (tertiary/aromatic N) is 1. The number of likely N-dealkylation sites (tertiary alicyclic amines) is 1. The van der Waals surface area contributed by atoms with Crippen molar-refractivity contribution in [3.8, 4) is 0 Å². The van der Waals surface area contributed by atoms with Gasteiger partial charge >= 0.3 is 7.82 Å². The zero-order chi connectivity index (χ0) is 26.7. The van der Waals surface area contributed by atoms with E-state index < -0.39 is 7.82 Å². The third kappa shape index (κ3) is 16.5. The first-order valence-electron chi connectivity index (χ1n) is 15.7. The van der Waals surface area contributed by atoms with Crippen LogP contribution in [-0.4, -0.2) is 62.0 Å². The molecule has 1 unspecified atom stereocenters. The van der Waals surface area contributed by atoms with Crippen molar-refractivity contribution in [2.24, 2.45) is 0 Å². The number of hydrogen-bond donors (Lipinski definition) is 1. The Balaban J connectivity index is 1.41. The van der Waals surface area contributed by atoms with Crippen LogP contribution in [-0.2, 0) is 18.3 Å². The highest BCUT2D eigenvalue weighted by Gasteiger charge is 2.27. The molecule has 218 valence electrons. The lowest BCUT2D eigenvalue weighted by Crippen LogP contribution is -2.49. The summed E-state index contributed by atoms with van der Waals surface area (Å²) in [5.41, 5.74) is 1.58. The topological polar surface area (TPSA) is 65.0 Å². The number of phosphoric ester groups is 1. The molecular weight excluding hydrogens is 485 g/mol. The monoisotopic (exact) mass is 544 g/mol. The van der Waals surface area contributed by atoms with Gasteiger partial charge < -0.3 is 14.1 Å². The van der Waals surface area contributed by atoms with Crippen LogP contribution in [0.1, 0.15) is 129 Å². The largest absolute Gasteiger partial charge is 0.472 e.